The molecule has 1 aliphatic heterocycles. The third-order valence-corrected chi connectivity index (χ3v) is 5.35. The van der Waals surface area contributed by atoms with Crippen molar-refractivity contribution in [1.82, 2.24) is 20.4 Å². The predicted octanol–water partition coefficient (Wildman–Crippen LogP) is 1.30. The molecule has 0 radical (unpaired) electrons. The van der Waals surface area contributed by atoms with Gasteiger partial charge in [-0.15, -0.1) is 0 Å². The van der Waals surface area contributed by atoms with Crippen LogP contribution in [0, 0.1) is 5.92 Å². The molecule has 0 atom stereocenters. The number of carbonyl (C=O) groups is 1. The van der Waals surface area contributed by atoms with Gasteiger partial charge in [-0.3, -0.25) is 14.7 Å². The fourth-order valence-corrected chi connectivity index (χ4v) is 3.30. The van der Waals surface area contributed by atoms with E-state index in [1.807, 2.05) is 23.1 Å². The third-order valence-electron chi connectivity index (χ3n) is 5.35. The minimum absolute atomic E-state index is 0.170. The number of guanidine groups is 1. The van der Waals surface area contributed by atoms with Crippen molar-refractivity contribution < 1.29 is 9.53 Å². The summed E-state index contributed by atoms with van der Waals surface area (Å²) in [7, 11) is 1.79. The number of hydrogen-bond acceptors (Lipinski definition) is 4. The zero-order valence-electron chi connectivity index (χ0n) is 17.1. The van der Waals surface area contributed by atoms with Gasteiger partial charge in [-0.1, -0.05) is 18.2 Å². The van der Waals surface area contributed by atoms with Gasteiger partial charge in [-0.05, 0) is 24.8 Å². The Kier molecular flexibility index (Phi) is 7.54. The van der Waals surface area contributed by atoms with Crippen LogP contribution in [0.1, 0.15) is 25.3 Å². The van der Waals surface area contributed by atoms with Gasteiger partial charge in [0, 0.05) is 65.3 Å². The van der Waals surface area contributed by atoms with Crippen LogP contribution in [0.25, 0.3) is 0 Å². The maximum absolute atomic E-state index is 11.4. The second kappa shape index (κ2) is 10.3. The first-order valence-corrected chi connectivity index (χ1v) is 10.3. The Labute approximate surface area is 168 Å². The highest BCUT2D eigenvalue weighted by molar-refractivity contribution is 5.79. The van der Waals surface area contributed by atoms with Gasteiger partial charge >= 0.3 is 0 Å². The summed E-state index contributed by atoms with van der Waals surface area (Å²) in [6, 6.07) is 8.19. The van der Waals surface area contributed by atoms with Crippen LogP contribution in [0.15, 0.2) is 29.3 Å². The molecule has 1 saturated heterocycles. The smallest absolute Gasteiger partial charge is 0.219 e. The second-order valence-electron chi connectivity index (χ2n) is 7.56. The average molecular weight is 388 g/mol. The van der Waals surface area contributed by atoms with Crippen molar-refractivity contribution in [3.63, 3.8) is 0 Å². The van der Waals surface area contributed by atoms with Crippen LogP contribution in [-0.4, -0.2) is 74.6 Å². The van der Waals surface area contributed by atoms with Crippen LogP contribution in [0.2, 0.25) is 0 Å². The highest BCUT2D eigenvalue weighted by Crippen LogP contribution is 2.30. The van der Waals surface area contributed by atoms with E-state index in [1.165, 1.54) is 12.8 Å². The number of amides is 1. The number of para-hydroxylation sites is 1. The third kappa shape index (κ3) is 6.41. The summed E-state index contributed by atoms with van der Waals surface area (Å²) in [5.41, 5.74) is 1.14. The number of ether oxygens (including phenoxy) is 1. The standard InChI is InChI=1S/C21H33N5O2/c1-17(27)26-13-11-25(12-14-26)10-9-23-21(22-2)24-15-19-5-3-4-6-20(19)28-16-18-7-8-18/h3-6,18H,7-16H2,1-2H3,(H2,22,23,24). The molecule has 1 amide bonds. The van der Waals surface area contributed by atoms with E-state index >= 15 is 0 Å². The summed E-state index contributed by atoms with van der Waals surface area (Å²) in [5.74, 6) is 2.66. The first-order chi connectivity index (χ1) is 13.7. The Morgan fingerprint density at radius 1 is 1.18 bits per heavy atom. The zero-order chi connectivity index (χ0) is 19.8. The van der Waals surface area contributed by atoms with Crippen LogP contribution in [0.3, 0.4) is 0 Å². The van der Waals surface area contributed by atoms with Crippen LogP contribution >= 0.6 is 0 Å². The summed E-state index contributed by atoms with van der Waals surface area (Å²) >= 11 is 0. The van der Waals surface area contributed by atoms with Gasteiger partial charge in [-0.25, -0.2) is 0 Å². The van der Waals surface area contributed by atoms with Crippen LogP contribution in [0.5, 0.6) is 5.75 Å². The van der Waals surface area contributed by atoms with Gasteiger partial charge in [0.15, 0.2) is 5.96 Å². The van der Waals surface area contributed by atoms with E-state index in [0.717, 1.165) is 69.1 Å². The Balaban J connectivity index is 1.37. The zero-order valence-corrected chi connectivity index (χ0v) is 17.1. The van der Waals surface area contributed by atoms with Gasteiger partial charge in [0.25, 0.3) is 0 Å². The number of aliphatic imine (C=N–C) groups is 1. The van der Waals surface area contributed by atoms with Crippen LogP contribution in [-0.2, 0) is 11.3 Å². The van der Waals surface area contributed by atoms with Crippen LogP contribution < -0.4 is 15.4 Å². The van der Waals surface area contributed by atoms with E-state index in [4.69, 9.17) is 4.74 Å². The van der Waals surface area contributed by atoms with Crippen molar-refractivity contribution in [1.29, 1.82) is 0 Å². The summed E-state index contributed by atoms with van der Waals surface area (Å²) in [6.07, 6.45) is 2.58. The Morgan fingerprint density at radius 3 is 2.61 bits per heavy atom. The molecule has 0 spiro atoms. The number of carbonyl (C=O) groups excluding carboxylic acids is 1. The lowest BCUT2D eigenvalue weighted by Crippen LogP contribution is -2.50. The molecular formula is C21H33N5O2. The van der Waals surface area contributed by atoms with Gasteiger partial charge in [-0.2, -0.15) is 0 Å². The van der Waals surface area contributed by atoms with E-state index in [2.05, 4.69) is 26.6 Å². The lowest BCUT2D eigenvalue weighted by atomic mass is 10.2. The molecule has 2 aliphatic rings. The molecule has 7 nitrogen and oxygen atoms in total. The number of nitrogens with zero attached hydrogens (tertiary/aromatic N) is 3. The van der Waals surface area contributed by atoms with Crippen LogP contribution in [0.4, 0.5) is 0 Å². The molecule has 154 valence electrons. The summed E-state index contributed by atoms with van der Waals surface area (Å²) in [5, 5.41) is 6.75. The van der Waals surface area contributed by atoms with Crippen molar-refractivity contribution in [2.24, 2.45) is 10.9 Å². The summed E-state index contributed by atoms with van der Waals surface area (Å²) in [4.78, 5) is 20.0. The molecule has 2 N–H and O–H groups in total. The van der Waals surface area contributed by atoms with E-state index in [9.17, 15) is 4.79 Å². The number of rotatable bonds is 8. The Bertz CT molecular complexity index is 667. The molecule has 0 aromatic heterocycles. The van der Waals surface area contributed by atoms with Crippen molar-refractivity contribution in [3.05, 3.63) is 29.8 Å². The lowest BCUT2D eigenvalue weighted by Gasteiger charge is -2.34. The minimum atomic E-state index is 0.170. The molecule has 1 aliphatic carbocycles. The molecule has 1 aromatic carbocycles. The number of nitrogens with one attached hydrogen (secondary N) is 2. The van der Waals surface area contributed by atoms with Crippen molar-refractivity contribution in [2.45, 2.75) is 26.3 Å². The summed E-state index contributed by atoms with van der Waals surface area (Å²) < 4.78 is 5.98. The largest absolute Gasteiger partial charge is 0.493 e. The van der Waals surface area contributed by atoms with E-state index in [0.29, 0.717) is 6.54 Å². The second-order valence-corrected chi connectivity index (χ2v) is 7.56. The topological polar surface area (TPSA) is 69.2 Å². The number of benzene rings is 1. The molecule has 2 fully saturated rings. The Hall–Kier alpha value is -2.28. The van der Waals surface area contributed by atoms with Crippen molar-refractivity contribution in [3.8, 4) is 5.75 Å². The molecule has 1 heterocycles. The van der Waals surface area contributed by atoms with Crippen molar-refractivity contribution >= 4 is 11.9 Å². The average Bonchev–Trinajstić information content (AvgIpc) is 3.54. The maximum Gasteiger partial charge on any atom is 0.219 e. The molecule has 1 saturated carbocycles. The first-order valence-electron chi connectivity index (χ1n) is 10.3. The molecule has 3 rings (SSSR count). The predicted molar refractivity (Wildman–Crippen MR) is 112 cm³/mol. The number of piperazine rings is 1. The number of hydrogen-bond donors (Lipinski definition) is 2. The Morgan fingerprint density at radius 2 is 1.93 bits per heavy atom. The quantitative estimate of drug-likeness (QED) is 0.520. The van der Waals surface area contributed by atoms with Gasteiger partial charge in [0.2, 0.25) is 5.91 Å². The first kappa shape index (κ1) is 20.5. The normalized spacial score (nSPS) is 18.1. The van der Waals surface area contributed by atoms with E-state index in [-0.39, 0.29) is 5.91 Å². The fourth-order valence-electron chi connectivity index (χ4n) is 3.30. The monoisotopic (exact) mass is 387 g/mol. The molecule has 0 unspecified atom stereocenters. The molecule has 7 heteroatoms. The molecule has 28 heavy (non-hydrogen) atoms. The molecule has 1 aromatic rings. The van der Waals surface area contributed by atoms with Gasteiger partial charge < -0.3 is 20.3 Å². The van der Waals surface area contributed by atoms with Gasteiger partial charge in [0.05, 0.1) is 6.61 Å². The highest BCUT2D eigenvalue weighted by atomic mass is 16.5. The molecular weight excluding hydrogens is 354 g/mol. The van der Waals surface area contributed by atoms with E-state index < -0.39 is 0 Å². The van der Waals surface area contributed by atoms with Gasteiger partial charge in [0.1, 0.15) is 5.75 Å². The maximum atomic E-state index is 11.4. The minimum Gasteiger partial charge on any atom is -0.493 e. The summed E-state index contributed by atoms with van der Waals surface area (Å²) in [6.45, 7) is 8.39. The molecule has 0 bridgehead atoms. The lowest BCUT2D eigenvalue weighted by molar-refractivity contribution is -0.130. The van der Waals surface area contributed by atoms with Crippen molar-refractivity contribution in [2.75, 3.05) is 52.9 Å². The SMILES string of the molecule is CN=C(NCCN1CCN(C(C)=O)CC1)NCc1ccccc1OCC1CC1. The van der Waals surface area contributed by atoms with E-state index in [1.54, 1.807) is 14.0 Å². The highest BCUT2D eigenvalue weighted by Gasteiger charge is 2.22. The fraction of sp³-hybridized carbons (Fsp3) is 0.619.